The first-order chi connectivity index (χ1) is 15.6. The first-order valence-corrected chi connectivity index (χ1v) is 10.8. The monoisotopic (exact) mass is 452 g/mol. The van der Waals surface area contributed by atoms with Crippen LogP contribution in [0.1, 0.15) is 5.56 Å². The van der Waals surface area contributed by atoms with E-state index >= 15 is 0 Å². The molecule has 0 radical (unpaired) electrons. The number of hydrogen-bond donors (Lipinski definition) is 1. The van der Waals surface area contributed by atoms with Gasteiger partial charge < -0.3 is 14.5 Å². The third-order valence-electron chi connectivity index (χ3n) is 4.71. The van der Waals surface area contributed by atoms with Crippen molar-refractivity contribution >= 4 is 28.6 Å². The predicted molar refractivity (Wildman–Crippen MR) is 121 cm³/mol. The number of aromatic nitrogens is 3. The number of benzene rings is 2. The molecule has 2 heterocycles. The summed E-state index contributed by atoms with van der Waals surface area (Å²) in [5, 5.41) is 12.8. The van der Waals surface area contributed by atoms with Crippen molar-refractivity contribution in [2.45, 2.75) is 18.2 Å². The van der Waals surface area contributed by atoms with Crippen molar-refractivity contribution in [3.8, 4) is 17.3 Å². The highest BCUT2D eigenvalue weighted by Crippen LogP contribution is 2.33. The second-order valence-corrected chi connectivity index (χ2v) is 7.83. The smallest absolute Gasteiger partial charge is 0.230 e. The number of fused-ring (bicyclic) bond motifs is 1. The minimum atomic E-state index is -0.309. The van der Waals surface area contributed by atoms with Crippen molar-refractivity contribution in [1.29, 1.82) is 0 Å². The van der Waals surface area contributed by atoms with Gasteiger partial charge in [-0.15, -0.1) is 16.8 Å². The fourth-order valence-electron chi connectivity index (χ4n) is 3.16. The quantitative estimate of drug-likeness (QED) is 0.299. The lowest BCUT2D eigenvalue weighted by Gasteiger charge is -2.07. The summed E-state index contributed by atoms with van der Waals surface area (Å²) in [7, 11) is 1.59. The predicted octanol–water partition coefficient (Wildman–Crippen LogP) is 4.43. The fourth-order valence-corrected chi connectivity index (χ4v) is 3.94. The maximum absolute atomic E-state index is 13.0. The molecule has 0 spiro atoms. The van der Waals surface area contributed by atoms with Crippen LogP contribution in [-0.4, -0.2) is 33.5 Å². The van der Waals surface area contributed by atoms with Gasteiger partial charge >= 0.3 is 0 Å². The Morgan fingerprint density at radius 3 is 2.84 bits per heavy atom. The number of carbonyl (C=O) groups is 1. The van der Waals surface area contributed by atoms with E-state index in [2.05, 4.69) is 22.1 Å². The van der Waals surface area contributed by atoms with Crippen LogP contribution in [0.25, 0.3) is 22.6 Å². The summed E-state index contributed by atoms with van der Waals surface area (Å²) < 4.78 is 26.2. The average molecular weight is 453 g/mol. The summed E-state index contributed by atoms with van der Waals surface area (Å²) >= 11 is 1.27. The van der Waals surface area contributed by atoms with Crippen LogP contribution in [0.2, 0.25) is 0 Å². The van der Waals surface area contributed by atoms with Crippen molar-refractivity contribution in [2.24, 2.45) is 0 Å². The molecule has 0 saturated carbocycles. The van der Waals surface area contributed by atoms with Gasteiger partial charge in [0.1, 0.15) is 5.82 Å². The van der Waals surface area contributed by atoms with E-state index in [-0.39, 0.29) is 17.5 Å². The highest BCUT2D eigenvalue weighted by atomic mass is 32.2. The summed E-state index contributed by atoms with van der Waals surface area (Å²) in [6.07, 6.45) is 1.73. The van der Waals surface area contributed by atoms with E-state index in [1.54, 1.807) is 25.3 Å². The van der Waals surface area contributed by atoms with E-state index in [0.29, 0.717) is 41.2 Å². The molecule has 0 bridgehead atoms. The normalized spacial score (nSPS) is 10.9. The Bertz CT molecular complexity index is 1250. The topological polar surface area (TPSA) is 82.2 Å². The summed E-state index contributed by atoms with van der Waals surface area (Å²) in [4.78, 5) is 12.3. The maximum Gasteiger partial charge on any atom is 0.230 e. The Morgan fingerprint density at radius 2 is 2.09 bits per heavy atom. The van der Waals surface area contributed by atoms with Gasteiger partial charge in [-0.1, -0.05) is 42.1 Å². The molecule has 9 heteroatoms. The molecular formula is C23H21FN4O3S. The van der Waals surface area contributed by atoms with Crippen molar-refractivity contribution in [2.75, 3.05) is 12.9 Å². The zero-order valence-electron chi connectivity index (χ0n) is 17.4. The van der Waals surface area contributed by atoms with Crippen LogP contribution in [0.3, 0.4) is 0 Å². The molecule has 1 N–H and O–H groups in total. The lowest BCUT2D eigenvalue weighted by Crippen LogP contribution is -2.24. The third-order valence-corrected chi connectivity index (χ3v) is 5.68. The molecule has 0 saturated heterocycles. The number of allylic oxidation sites excluding steroid dienone is 1. The molecule has 0 atom stereocenters. The third kappa shape index (κ3) is 4.67. The molecule has 0 fully saturated rings. The van der Waals surface area contributed by atoms with Crippen molar-refractivity contribution in [3.63, 3.8) is 0 Å². The first-order valence-electron chi connectivity index (χ1n) is 9.84. The fraction of sp³-hybridized carbons (Fsp3) is 0.174. The summed E-state index contributed by atoms with van der Waals surface area (Å²) in [6, 6.07) is 13.5. The maximum atomic E-state index is 13.0. The Kier molecular flexibility index (Phi) is 6.55. The molecule has 32 heavy (non-hydrogen) atoms. The molecule has 4 aromatic rings. The zero-order chi connectivity index (χ0) is 22.5. The number of amides is 1. The molecule has 4 rings (SSSR count). The van der Waals surface area contributed by atoms with Gasteiger partial charge in [0.15, 0.2) is 22.2 Å². The van der Waals surface area contributed by atoms with E-state index in [4.69, 9.17) is 9.15 Å². The molecule has 164 valence electrons. The average Bonchev–Trinajstić information content (AvgIpc) is 3.41. The number of thioether (sulfide) groups is 1. The van der Waals surface area contributed by atoms with E-state index in [1.165, 1.54) is 23.9 Å². The lowest BCUT2D eigenvalue weighted by atomic mass is 10.2. The van der Waals surface area contributed by atoms with Crippen molar-refractivity contribution in [1.82, 2.24) is 20.1 Å². The van der Waals surface area contributed by atoms with Crippen LogP contribution < -0.4 is 10.1 Å². The van der Waals surface area contributed by atoms with Crippen LogP contribution in [0.15, 0.2) is 70.8 Å². The van der Waals surface area contributed by atoms with E-state index < -0.39 is 0 Å². The number of nitrogens with one attached hydrogen (secondary N) is 1. The highest BCUT2D eigenvalue weighted by molar-refractivity contribution is 7.99. The Morgan fingerprint density at radius 1 is 1.28 bits per heavy atom. The number of furan rings is 1. The molecule has 7 nitrogen and oxygen atoms in total. The number of rotatable bonds is 9. The van der Waals surface area contributed by atoms with E-state index in [9.17, 15) is 9.18 Å². The number of carbonyl (C=O) groups excluding carboxylic acids is 1. The van der Waals surface area contributed by atoms with Crippen molar-refractivity contribution < 1.29 is 18.3 Å². The van der Waals surface area contributed by atoms with Crippen LogP contribution in [0.5, 0.6) is 5.75 Å². The Hall–Kier alpha value is -3.59. The highest BCUT2D eigenvalue weighted by Gasteiger charge is 2.19. The molecule has 0 aliphatic heterocycles. The molecule has 2 aromatic heterocycles. The van der Waals surface area contributed by atoms with Gasteiger partial charge in [-0.05, 0) is 29.8 Å². The summed E-state index contributed by atoms with van der Waals surface area (Å²) in [5.41, 5.74) is 1.45. The minimum Gasteiger partial charge on any atom is -0.493 e. The number of halogens is 1. The number of methoxy groups -OCH3 is 1. The van der Waals surface area contributed by atoms with E-state index in [1.807, 2.05) is 28.8 Å². The second kappa shape index (κ2) is 9.69. The number of ether oxygens (including phenoxy) is 1. The number of nitrogens with zero attached hydrogens (tertiary/aromatic N) is 3. The van der Waals surface area contributed by atoms with Gasteiger partial charge in [-0.25, -0.2) is 4.39 Å². The minimum absolute atomic E-state index is 0.157. The first kappa shape index (κ1) is 21.6. The van der Waals surface area contributed by atoms with Crippen LogP contribution in [0.4, 0.5) is 4.39 Å². The van der Waals surface area contributed by atoms with Crippen LogP contribution in [-0.2, 0) is 17.9 Å². The number of para-hydroxylation sites is 1. The van der Waals surface area contributed by atoms with Gasteiger partial charge in [0, 0.05) is 18.5 Å². The zero-order valence-corrected chi connectivity index (χ0v) is 18.2. The molecule has 0 aliphatic carbocycles. The van der Waals surface area contributed by atoms with Gasteiger partial charge in [0.25, 0.3) is 0 Å². The Labute approximate surface area is 188 Å². The van der Waals surface area contributed by atoms with Gasteiger partial charge in [0.2, 0.25) is 11.7 Å². The van der Waals surface area contributed by atoms with Crippen LogP contribution in [0, 0.1) is 5.82 Å². The standard InChI is InChI=1S/C23H21FN4O3S/c1-3-11-28-22(19-12-16-5-4-6-18(30-2)21(16)31-19)26-27-23(28)32-14-20(29)25-13-15-7-9-17(24)10-8-15/h3-10,12H,1,11,13-14H2,2H3,(H,25,29). The lowest BCUT2D eigenvalue weighted by molar-refractivity contribution is -0.118. The van der Waals surface area contributed by atoms with Gasteiger partial charge in [0.05, 0.1) is 12.9 Å². The molecule has 0 unspecified atom stereocenters. The van der Waals surface area contributed by atoms with Crippen LogP contribution >= 0.6 is 11.8 Å². The Balaban J connectivity index is 1.47. The molecule has 0 aliphatic rings. The number of hydrogen-bond acceptors (Lipinski definition) is 6. The summed E-state index contributed by atoms with van der Waals surface area (Å²) in [6.45, 7) is 4.58. The largest absolute Gasteiger partial charge is 0.493 e. The van der Waals surface area contributed by atoms with Gasteiger partial charge in [-0.3, -0.25) is 9.36 Å². The SMILES string of the molecule is C=CCn1c(SCC(=O)NCc2ccc(F)cc2)nnc1-c1cc2cccc(OC)c2o1. The van der Waals surface area contributed by atoms with Gasteiger partial charge in [-0.2, -0.15) is 0 Å². The second-order valence-electron chi connectivity index (χ2n) is 6.89. The molecular weight excluding hydrogens is 431 g/mol. The molecule has 2 aromatic carbocycles. The summed E-state index contributed by atoms with van der Waals surface area (Å²) in [5.74, 6) is 1.41. The van der Waals surface area contributed by atoms with E-state index in [0.717, 1.165) is 10.9 Å². The van der Waals surface area contributed by atoms with Crippen molar-refractivity contribution in [3.05, 3.63) is 72.6 Å². The molecule has 1 amide bonds.